The molecule has 1 spiro atoms. The highest BCUT2D eigenvalue weighted by Crippen LogP contribution is 2.47. The summed E-state index contributed by atoms with van der Waals surface area (Å²) in [6, 6.07) is 18.9. The molecule has 40 heavy (non-hydrogen) atoms. The van der Waals surface area contributed by atoms with Gasteiger partial charge in [-0.15, -0.1) is 0 Å². The zero-order chi connectivity index (χ0) is 28.4. The summed E-state index contributed by atoms with van der Waals surface area (Å²) in [7, 11) is 0. The smallest absolute Gasteiger partial charge is 0.360 e. The van der Waals surface area contributed by atoms with Gasteiger partial charge in [-0.1, -0.05) is 60.7 Å². The number of carbonyl (C=O) groups is 3. The van der Waals surface area contributed by atoms with Crippen LogP contribution in [0.3, 0.4) is 0 Å². The lowest BCUT2D eigenvalue weighted by molar-refractivity contribution is -0.956. The van der Waals surface area contributed by atoms with E-state index in [1.54, 1.807) is 69.3 Å². The molecule has 7 nitrogen and oxygen atoms in total. The van der Waals surface area contributed by atoms with Crippen LogP contribution < -0.4 is 0 Å². The Morgan fingerprint density at radius 2 is 1.23 bits per heavy atom. The van der Waals surface area contributed by atoms with Gasteiger partial charge >= 0.3 is 17.9 Å². The largest absolute Gasteiger partial charge is 0.458 e. The number of benzene rings is 2. The predicted molar refractivity (Wildman–Crippen MR) is 150 cm³/mol. The van der Waals surface area contributed by atoms with Crippen LogP contribution in [0, 0.1) is 0 Å². The number of hydrogen-bond donors (Lipinski definition) is 0. The lowest BCUT2D eigenvalue weighted by Gasteiger charge is -2.47. The van der Waals surface area contributed by atoms with Crippen LogP contribution in [0.15, 0.2) is 72.8 Å². The molecule has 0 N–H and O–H groups in total. The lowest BCUT2D eigenvalue weighted by atomic mass is 9.85. The van der Waals surface area contributed by atoms with Crippen molar-refractivity contribution in [3.8, 4) is 0 Å². The van der Waals surface area contributed by atoms with Crippen molar-refractivity contribution in [2.24, 2.45) is 0 Å². The third kappa shape index (κ3) is 5.57. The fourth-order valence-corrected chi connectivity index (χ4v) is 7.11. The van der Waals surface area contributed by atoms with E-state index in [0.29, 0.717) is 23.2 Å². The Hall–Kier alpha value is -3.45. The van der Waals surface area contributed by atoms with Gasteiger partial charge < -0.3 is 18.7 Å². The molecule has 2 unspecified atom stereocenters. The molecule has 2 bridgehead atoms. The molecule has 212 valence electrons. The summed E-state index contributed by atoms with van der Waals surface area (Å²) in [6.07, 6.45) is 8.34. The Morgan fingerprint density at radius 3 is 1.70 bits per heavy atom. The molecule has 7 heteroatoms. The minimum atomic E-state index is -1.84. The van der Waals surface area contributed by atoms with E-state index in [2.05, 4.69) is 0 Å². The number of ether oxygens (including phenoxy) is 3. The first-order chi connectivity index (χ1) is 19.1. The van der Waals surface area contributed by atoms with E-state index >= 15 is 0 Å². The van der Waals surface area contributed by atoms with E-state index in [4.69, 9.17) is 14.2 Å². The fraction of sp³-hybridized carbons (Fsp3) is 0.485. The van der Waals surface area contributed by atoms with Crippen molar-refractivity contribution < 1.29 is 33.1 Å². The summed E-state index contributed by atoms with van der Waals surface area (Å²) in [5, 5.41) is 0. The summed E-state index contributed by atoms with van der Waals surface area (Å²) in [5.74, 6) is -2.14. The normalized spacial score (nSPS) is 23.7. The van der Waals surface area contributed by atoms with Crippen molar-refractivity contribution >= 4 is 17.9 Å². The van der Waals surface area contributed by atoms with Crippen molar-refractivity contribution in [3.05, 3.63) is 83.9 Å². The van der Waals surface area contributed by atoms with Crippen LogP contribution in [0.25, 0.3) is 0 Å². The first kappa shape index (κ1) is 28.1. The van der Waals surface area contributed by atoms with Crippen LogP contribution in [0.5, 0.6) is 0 Å². The SMILES string of the molecule is CC(C)(C)OC(=O)/C=C/C(=O)OC(C(=O)OC1CC2CCC(C1)[N+]21CCCC1)(c1ccccc1)c1ccccc1. The molecule has 0 aliphatic carbocycles. The third-order valence-corrected chi connectivity index (χ3v) is 8.69. The Labute approximate surface area is 236 Å². The molecule has 3 aliphatic rings. The highest BCUT2D eigenvalue weighted by molar-refractivity contribution is 5.95. The number of esters is 3. The van der Waals surface area contributed by atoms with Gasteiger partial charge in [-0.05, 0) is 20.8 Å². The molecule has 2 atom stereocenters. The highest BCUT2D eigenvalue weighted by Gasteiger charge is 2.57. The first-order valence-electron chi connectivity index (χ1n) is 14.4. The fourth-order valence-electron chi connectivity index (χ4n) is 7.11. The average molecular weight is 547 g/mol. The predicted octanol–water partition coefficient (Wildman–Crippen LogP) is 5.22. The molecule has 2 aromatic carbocycles. The Balaban J connectivity index is 1.45. The summed E-state index contributed by atoms with van der Waals surface area (Å²) < 4.78 is 18.8. The summed E-state index contributed by atoms with van der Waals surface area (Å²) >= 11 is 0. The van der Waals surface area contributed by atoms with E-state index in [0.717, 1.165) is 25.0 Å². The van der Waals surface area contributed by atoms with Crippen LogP contribution in [0.2, 0.25) is 0 Å². The quantitative estimate of drug-likeness (QED) is 0.205. The number of carbonyl (C=O) groups excluding carboxylic acids is 3. The maximum atomic E-state index is 14.3. The Bertz CT molecular complexity index is 1190. The van der Waals surface area contributed by atoms with Gasteiger partial charge in [0.25, 0.3) is 5.60 Å². The summed E-state index contributed by atoms with van der Waals surface area (Å²) in [6.45, 7) is 7.69. The molecule has 5 rings (SSSR count). The molecule has 3 saturated heterocycles. The van der Waals surface area contributed by atoms with Crippen molar-refractivity contribution in [2.75, 3.05) is 13.1 Å². The summed E-state index contributed by atoms with van der Waals surface area (Å²) in [5.41, 5.74) is -1.59. The van der Waals surface area contributed by atoms with Crippen molar-refractivity contribution in [3.63, 3.8) is 0 Å². The lowest BCUT2D eigenvalue weighted by Crippen LogP contribution is -2.60. The van der Waals surface area contributed by atoms with E-state index in [-0.39, 0.29) is 6.10 Å². The van der Waals surface area contributed by atoms with Crippen LogP contribution in [0.1, 0.15) is 70.4 Å². The summed E-state index contributed by atoms with van der Waals surface area (Å²) in [4.78, 5) is 39.8. The van der Waals surface area contributed by atoms with Gasteiger partial charge in [0, 0.05) is 61.8 Å². The second-order valence-corrected chi connectivity index (χ2v) is 12.3. The van der Waals surface area contributed by atoms with Crippen molar-refractivity contribution in [1.82, 2.24) is 0 Å². The standard InChI is InChI=1S/C33H40NO6/c1-32(2,3)39-29(35)18-19-30(36)40-33(24-12-6-4-7-13-24,25-14-8-5-9-15-25)31(37)38-28-22-26-16-17-27(23-28)34(26)20-10-11-21-34/h4-9,12-15,18-19,26-28H,10-11,16-17,20-23H2,1-3H3/q+1/b19-18+. The minimum Gasteiger partial charge on any atom is -0.458 e. The van der Waals surface area contributed by atoms with Crippen LogP contribution in [-0.4, -0.2) is 59.3 Å². The van der Waals surface area contributed by atoms with E-state index < -0.39 is 29.1 Å². The van der Waals surface area contributed by atoms with Gasteiger partial charge in [0.15, 0.2) is 0 Å². The zero-order valence-corrected chi connectivity index (χ0v) is 23.7. The monoisotopic (exact) mass is 546 g/mol. The number of rotatable bonds is 7. The molecule has 0 aromatic heterocycles. The van der Waals surface area contributed by atoms with E-state index in [1.807, 2.05) is 12.1 Å². The second kappa shape index (κ2) is 11.2. The number of nitrogens with zero attached hydrogens (tertiary/aromatic N) is 1. The van der Waals surface area contributed by atoms with Gasteiger partial charge in [-0.3, -0.25) is 0 Å². The van der Waals surface area contributed by atoms with Crippen LogP contribution in [0.4, 0.5) is 0 Å². The molecular weight excluding hydrogens is 506 g/mol. The van der Waals surface area contributed by atoms with Gasteiger partial charge in [0.05, 0.1) is 25.2 Å². The molecule has 2 aromatic rings. The van der Waals surface area contributed by atoms with E-state index in [1.165, 1.54) is 43.3 Å². The molecule has 0 radical (unpaired) electrons. The molecule has 3 heterocycles. The zero-order valence-electron chi connectivity index (χ0n) is 23.7. The third-order valence-electron chi connectivity index (χ3n) is 8.69. The Kier molecular flexibility index (Phi) is 7.87. The van der Waals surface area contributed by atoms with Gasteiger partial charge in [-0.25, -0.2) is 14.4 Å². The maximum absolute atomic E-state index is 14.3. The Morgan fingerprint density at radius 1 is 0.750 bits per heavy atom. The van der Waals surface area contributed by atoms with Gasteiger partial charge in [-0.2, -0.15) is 0 Å². The van der Waals surface area contributed by atoms with Crippen LogP contribution >= 0.6 is 0 Å². The number of quaternary nitrogens is 1. The van der Waals surface area contributed by atoms with Crippen molar-refractivity contribution in [2.45, 2.75) is 88.7 Å². The minimum absolute atomic E-state index is 0.239. The molecule has 3 fully saturated rings. The topological polar surface area (TPSA) is 78.9 Å². The molecular formula is C33H40NO6+. The molecule has 3 aliphatic heterocycles. The number of hydrogen-bond acceptors (Lipinski definition) is 6. The van der Waals surface area contributed by atoms with Crippen molar-refractivity contribution in [1.29, 1.82) is 0 Å². The first-order valence-corrected chi connectivity index (χ1v) is 14.4. The van der Waals surface area contributed by atoms with Crippen LogP contribution in [-0.2, 0) is 34.2 Å². The second-order valence-electron chi connectivity index (χ2n) is 12.3. The molecule has 0 amide bonds. The number of piperidine rings is 1. The van der Waals surface area contributed by atoms with Gasteiger partial charge in [0.2, 0.25) is 0 Å². The van der Waals surface area contributed by atoms with E-state index in [9.17, 15) is 14.4 Å². The average Bonchev–Trinajstić information content (AvgIpc) is 3.47. The highest BCUT2D eigenvalue weighted by atomic mass is 16.6. The molecule has 0 saturated carbocycles. The maximum Gasteiger partial charge on any atom is 0.360 e. The van der Waals surface area contributed by atoms with Gasteiger partial charge in [0.1, 0.15) is 11.7 Å².